The maximum Gasteiger partial charge on any atom is 0.118 e. The number of hydrogen-bond donors (Lipinski definition) is 2. The van der Waals surface area contributed by atoms with E-state index < -0.39 is 0 Å². The van der Waals surface area contributed by atoms with Crippen LogP contribution in [-0.2, 0) is 6.42 Å². The lowest BCUT2D eigenvalue weighted by atomic mass is 10.1. The summed E-state index contributed by atoms with van der Waals surface area (Å²) in [6, 6.07) is 5.86. The lowest BCUT2D eigenvalue weighted by molar-refractivity contribution is 0.470. The summed E-state index contributed by atoms with van der Waals surface area (Å²) >= 11 is 0. The normalized spacial score (nSPS) is 9.57. The molecule has 1 rings (SSSR count). The second-order valence-electron chi connectivity index (χ2n) is 3.22. The monoisotopic (exact) mass is 215 g/mol. The fourth-order valence-electron chi connectivity index (χ4n) is 1.22. The van der Waals surface area contributed by atoms with Crippen LogP contribution in [0, 0.1) is 6.92 Å². The van der Waals surface area contributed by atoms with Gasteiger partial charge in [0, 0.05) is 0 Å². The summed E-state index contributed by atoms with van der Waals surface area (Å²) in [5.74, 6) is 0.397. The standard InChI is InChI=1S/C11H17NO.ClH/c1-3-12-7-6-10-5-4-9(2)11(13)8-10;/h4-5,8,12-13H,3,6-7H2,1-2H3;1H. The summed E-state index contributed by atoms with van der Waals surface area (Å²) < 4.78 is 0. The summed E-state index contributed by atoms with van der Waals surface area (Å²) in [6.45, 7) is 5.97. The van der Waals surface area contributed by atoms with Gasteiger partial charge in [0.1, 0.15) is 5.75 Å². The van der Waals surface area contributed by atoms with E-state index in [1.54, 1.807) is 0 Å². The third kappa shape index (κ3) is 3.99. The number of rotatable bonds is 4. The molecule has 0 saturated heterocycles. The van der Waals surface area contributed by atoms with Crippen molar-refractivity contribution in [2.45, 2.75) is 20.3 Å². The number of phenols is 1. The van der Waals surface area contributed by atoms with Crippen LogP contribution >= 0.6 is 12.4 Å². The van der Waals surface area contributed by atoms with Crippen molar-refractivity contribution in [2.24, 2.45) is 0 Å². The molecule has 0 aliphatic heterocycles. The van der Waals surface area contributed by atoms with Gasteiger partial charge in [0.15, 0.2) is 0 Å². The third-order valence-electron chi connectivity index (χ3n) is 2.11. The van der Waals surface area contributed by atoms with Crippen LogP contribution in [0.2, 0.25) is 0 Å². The predicted octanol–water partition coefficient (Wildman–Crippen LogP) is 2.27. The highest BCUT2D eigenvalue weighted by molar-refractivity contribution is 5.85. The Morgan fingerprint density at radius 1 is 1.36 bits per heavy atom. The van der Waals surface area contributed by atoms with E-state index >= 15 is 0 Å². The molecule has 0 bridgehead atoms. The molecule has 2 N–H and O–H groups in total. The zero-order chi connectivity index (χ0) is 9.68. The second-order valence-corrected chi connectivity index (χ2v) is 3.22. The van der Waals surface area contributed by atoms with E-state index in [9.17, 15) is 5.11 Å². The van der Waals surface area contributed by atoms with Gasteiger partial charge in [0.25, 0.3) is 0 Å². The first-order valence-electron chi connectivity index (χ1n) is 4.73. The van der Waals surface area contributed by atoms with Gasteiger partial charge in [-0.25, -0.2) is 0 Å². The third-order valence-corrected chi connectivity index (χ3v) is 2.11. The second kappa shape index (κ2) is 6.68. The smallest absolute Gasteiger partial charge is 0.118 e. The number of benzene rings is 1. The van der Waals surface area contributed by atoms with Crippen molar-refractivity contribution in [1.82, 2.24) is 5.32 Å². The van der Waals surface area contributed by atoms with Gasteiger partial charge >= 0.3 is 0 Å². The Morgan fingerprint density at radius 3 is 2.64 bits per heavy atom. The fraction of sp³-hybridized carbons (Fsp3) is 0.455. The average molecular weight is 216 g/mol. The van der Waals surface area contributed by atoms with E-state index in [1.165, 1.54) is 5.56 Å². The first-order chi connectivity index (χ1) is 6.24. The van der Waals surface area contributed by atoms with Gasteiger partial charge in [-0.1, -0.05) is 19.1 Å². The molecule has 0 heterocycles. The van der Waals surface area contributed by atoms with Gasteiger partial charge in [-0.05, 0) is 43.6 Å². The molecule has 1 aromatic rings. The molecule has 0 unspecified atom stereocenters. The van der Waals surface area contributed by atoms with E-state index in [-0.39, 0.29) is 12.4 Å². The molecule has 2 nitrogen and oxygen atoms in total. The number of aryl methyl sites for hydroxylation is 1. The summed E-state index contributed by atoms with van der Waals surface area (Å²) in [7, 11) is 0. The molecule has 3 heteroatoms. The van der Waals surface area contributed by atoms with Crippen LogP contribution in [0.1, 0.15) is 18.1 Å². The number of nitrogens with one attached hydrogen (secondary N) is 1. The Bertz CT molecular complexity index is 276. The summed E-state index contributed by atoms with van der Waals surface area (Å²) in [6.07, 6.45) is 0.974. The van der Waals surface area contributed by atoms with Gasteiger partial charge in [-0.15, -0.1) is 12.4 Å². The largest absolute Gasteiger partial charge is 0.508 e. The molecule has 0 amide bonds. The quantitative estimate of drug-likeness (QED) is 0.756. The minimum absolute atomic E-state index is 0. The van der Waals surface area contributed by atoms with Gasteiger partial charge in [0.2, 0.25) is 0 Å². The molecule has 0 fully saturated rings. The van der Waals surface area contributed by atoms with Crippen LogP contribution in [-0.4, -0.2) is 18.2 Å². The molecular weight excluding hydrogens is 198 g/mol. The number of hydrogen-bond acceptors (Lipinski definition) is 2. The molecule has 1 aromatic carbocycles. The van der Waals surface area contributed by atoms with Crippen molar-refractivity contribution < 1.29 is 5.11 Å². The van der Waals surface area contributed by atoms with Crippen molar-refractivity contribution in [3.63, 3.8) is 0 Å². The molecule has 0 aromatic heterocycles. The average Bonchev–Trinajstić information content (AvgIpc) is 2.12. The molecule has 0 saturated carbocycles. The Kier molecular flexibility index (Phi) is 6.34. The molecule has 0 aliphatic carbocycles. The van der Waals surface area contributed by atoms with Crippen molar-refractivity contribution in [1.29, 1.82) is 0 Å². The number of aromatic hydroxyl groups is 1. The van der Waals surface area contributed by atoms with Crippen LogP contribution in [0.25, 0.3) is 0 Å². The highest BCUT2D eigenvalue weighted by atomic mass is 35.5. The molecule has 0 spiro atoms. The SMILES string of the molecule is CCNCCc1ccc(C)c(O)c1.Cl. The van der Waals surface area contributed by atoms with Crippen LogP contribution < -0.4 is 5.32 Å². The van der Waals surface area contributed by atoms with E-state index in [1.807, 2.05) is 19.1 Å². The van der Waals surface area contributed by atoms with Crippen LogP contribution in [0.15, 0.2) is 18.2 Å². The lowest BCUT2D eigenvalue weighted by Crippen LogP contribution is -2.15. The van der Waals surface area contributed by atoms with Gasteiger partial charge in [-0.2, -0.15) is 0 Å². The molecule has 0 atom stereocenters. The number of likely N-dealkylation sites (N-methyl/N-ethyl adjacent to an activating group) is 1. The van der Waals surface area contributed by atoms with E-state index in [4.69, 9.17) is 0 Å². The van der Waals surface area contributed by atoms with Gasteiger partial charge < -0.3 is 10.4 Å². The molecule has 14 heavy (non-hydrogen) atoms. The minimum Gasteiger partial charge on any atom is -0.508 e. The van der Waals surface area contributed by atoms with Crippen molar-refractivity contribution in [2.75, 3.05) is 13.1 Å². The highest BCUT2D eigenvalue weighted by Crippen LogP contribution is 2.17. The molecular formula is C11H18ClNO. The van der Waals surface area contributed by atoms with Crippen LogP contribution in [0.5, 0.6) is 5.75 Å². The van der Waals surface area contributed by atoms with E-state index in [0.717, 1.165) is 25.1 Å². The van der Waals surface area contributed by atoms with Crippen LogP contribution in [0.3, 0.4) is 0 Å². The van der Waals surface area contributed by atoms with E-state index in [2.05, 4.69) is 18.3 Å². The number of phenolic OH excluding ortho intramolecular Hbond substituents is 1. The molecule has 0 radical (unpaired) electrons. The van der Waals surface area contributed by atoms with Crippen molar-refractivity contribution >= 4 is 12.4 Å². The zero-order valence-corrected chi connectivity index (χ0v) is 9.53. The topological polar surface area (TPSA) is 32.3 Å². The Balaban J connectivity index is 0.00000169. The van der Waals surface area contributed by atoms with Crippen LogP contribution in [0.4, 0.5) is 0 Å². The van der Waals surface area contributed by atoms with E-state index in [0.29, 0.717) is 5.75 Å². The van der Waals surface area contributed by atoms with Gasteiger partial charge in [-0.3, -0.25) is 0 Å². The highest BCUT2D eigenvalue weighted by Gasteiger charge is 1.97. The minimum atomic E-state index is 0. The van der Waals surface area contributed by atoms with Crippen molar-refractivity contribution in [3.05, 3.63) is 29.3 Å². The summed E-state index contributed by atoms with van der Waals surface area (Å²) in [5, 5.41) is 12.7. The Morgan fingerprint density at radius 2 is 2.07 bits per heavy atom. The Hall–Kier alpha value is -0.730. The maximum atomic E-state index is 9.44. The molecule has 0 aliphatic rings. The summed E-state index contributed by atoms with van der Waals surface area (Å²) in [4.78, 5) is 0. The maximum absolute atomic E-state index is 9.44. The first kappa shape index (κ1) is 13.3. The zero-order valence-electron chi connectivity index (χ0n) is 8.71. The van der Waals surface area contributed by atoms with Crippen molar-refractivity contribution in [3.8, 4) is 5.75 Å². The molecule has 80 valence electrons. The Labute approximate surface area is 91.8 Å². The first-order valence-corrected chi connectivity index (χ1v) is 4.73. The van der Waals surface area contributed by atoms with Gasteiger partial charge in [0.05, 0.1) is 0 Å². The number of halogens is 1. The fourth-order valence-corrected chi connectivity index (χ4v) is 1.22. The predicted molar refractivity (Wildman–Crippen MR) is 62.3 cm³/mol. The summed E-state index contributed by atoms with van der Waals surface area (Å²) in [5.41, 5.74) is 2.12. The lowest BCUT2D eigenvalue weighted by Gasteiger charge is -2.04.